The molecule has 1 saturated carbocycles. The average Bonchev–Trinajstić information content (AvgIpc) is 3.37. The van der Waals surface area contributed by atoms with E-state index in [-0.39, 0.29) is 16.8 Å². The summed E-state index contributed by atoms with van der Waals surface area (Å²) in [5.41, 5.74) is -2.73. The Morgan fingerprint density at radius 3 is 2.44 bits per heavy atom. The first-order valence-electron chi connectivity index (χ1n) is 8.61. The minimum Gasteiger partial charge on any atom is -0.477 e. The molecule has 5 nitrogen and oxygen atoms in total. The molecular formula is C18H17F3N2O3S. The fraction of sp³-hybridized carbons (Fsp3) is 0.444. The highest BCUT2D eigenvalue weighted by molar-refractivity contribution is 7.99. The van der Waals surface area contributed by atoms with Crippen LogP contribution in [0.4, 0.5) is 18.9 Å². The van der Waals surface area contributed by atoms with Gasteiger partial charge in [0.2, 0.25) is 5.43 Å². The number of hydrogen-bond donors (Lipinski definition) is 1. The molecule has 2 fully saturated rings. The van der Waals surface area contributed by atoms with E-state index in [1.807, 2.05) is 6.26 Å². The van der Waals surface area contributed by atoms with Crippen LogP contribution in [-0.4, -0.2) is 40.2 Å². The first-order valence-corrected chi connectivity index (χ1v) is 9.90. The zero-order chi connectivity index (χ0) is 19.5. The predicted octanol–water partition coefficient (Wildman–Crippen LogP) is 3.39. The van der Waals surface area contributed by atoms with Gasteiger partial charge in [-0.3, -0.25) is 4.79 Å². The van der Waals surface area contributed by atoms with Crippen molar-refractivity contribution in [2.24, 2.45) is 0 Å². The van der Waals surface area contributed by atoms with Gasteiger partial charge in [0.25, 0.3) is 0 Å². The highest BCUT2D eigenvalue weighted by Gasteiger charge is 2.35. The summed E-state index contributed by atoms with van der Waals surface area (Å²) in [5, 5.41) is 8.58. The number of nitrogens with zero attached hydrogens (tertiary/aromatic N) is 2. The average molecular weight is 398 g/mol. The Hall–Kier alpha value is -2.16. The van der Waals surface area contributed by atoms with Crippen LogP contribution in [-0.2, 0) is 0 Å². The van der Waals surface area contributed by atoms with E-state index < -0.39 is 45.5 Å². The SMILES string of the molecule is CSC1CCN(c2c(F)c(F)c3c(=O)c(C(=O)O)cn(C4CC4)c3c2F)C1. The number of pyridine rings is 1. The first kappa shape index (κ1) is 18.2. The second-order valence-electron chi connectivity index (χ2n) is 6.92. The summed E-state index contributed by atoms with van der Waals surface area (Å²) in [6.07, 6.45) is 4.98. The molecule has 2 aromatic rings. The number of carbonyl (C=O) groups is 1. The summed E-state index contributed by atoms with van der Waals surface area (Å²) in [5.74, 6) is -5.49. The summed E-state index contributed by atoms with van der Waals surface area (Å²) in [6.45, 7) is 0.756. The molecule has 27 heavy (non-hydrogen) atoms. The van der Waals surface area contributed by atoms with Crippen molar-refractivity contribution in [3.8, 4) is 0 Å². The Morgan fingerprint density at radius 2 is 1.89 bits per heavy atom. The molecule has 1 atom stereocenters. The maximum absolute atomic E-state index is 15.4. The molecule has 1 aliphatic carbocycles. The maximum Gasteiger partial charge on any atom is 0.341 e. The van der Waals surface area contributed by atoms with Crippen molar-refractivity contribution in [2.75, 3.05) is 24.2 Å². The second-order valence-corrected chi connectivity index (χ2v) is 8.06. The van der Waals surface area contributed by atoms with Gasteiger partial charge < -0.3 is 14.6 Å². The third kappa shape index (κ3) is 2.79. The van der Waals surface area contributed by atoms with Crippen LogP contribution in [0.2, 0.25) is 0 Å². The molecular weight excluding hydrogens is 381 g/mol. The maximum atomic E-state index is 15.4. The third-order valence-corrected chi connectivity index (χ3v) is 6.29. The van der Waals surface area contributed by atoms with Crippen LogP contribution in [0.15, 0.2) is 11.0 Å². The fourth-order valence-electron chi connectivity index (χ4n) is 3.68. The van der Waals surface area contributed by atoms with Crippen LogP contribution < -0.4 is 10.3 Å². The first-order chi connectivity index (χ1) is 12.8. The quantitative estimate of drug-likeness (QED) is 0.800. The molecule has 0 amide bonds. The number of anilines is 1. The van der Waals surface area contributed by atoms with Gasteiger partial charge in [0.1, 0.15) is 11.3 Å². The highest BCUT2D eigenvalue weighted by atomic mass is 32.2. The molecule has 0 radical (unpaired) electrons. The highest BCUT2D eigenvalue weighted by Crippen LogP contribution is 2.41. The van der Waals surface area contributed by atoms with Gasteiger partial charge in [-0.2, -0.15) is 11.8 Å². The van der Waals surface area contributed by atoms with Crippen LogP contribution in [0.1, 0.15) is 35.7 Å². The lowest BCUT2D eigenvalue weighted by Crippen LogP contribution is -2.26. The molecule has 2 aliphatic rings. The molecule has 0 spiro atoms. The largest absolute Gasteiger partial charge is 0.477 e. The standard InChI is InChI=1S/C18H17F3N2O3S/c1-27-9-4-5-22(6-9)16-13(20)12(19)11-15(14(16)21)23(8-2-3-8)7-10(17(11)24)18(25)26/h7-9H,2-6H2,1H3,(H,25,26). The van der Waals surface area contributed by atoms with Gasteiger partial charge in [-0.25, -0.2) is 18.0 Å². The van der Waals surface area contributed by atoms with Crippen molar-refractivity contribution in [3.05, 3.63) is 39.4 Å². The Bertz CT molecular complexity index is 1020. The number of aromatic nitrogens is 1. The smallest absolute Gasteiger partial charge is 0.341 e. The number of halogens is 3. The molecule has 4 rings (SSSR count). The Kier molecular flexibility index (Phi) is 4.37. The normalized spacial score (nSPS) is 19.9. The van der Waals surface area contributed by atoms with Crippen LogP contribution in [0.5, 0.6) is 0 Å². The molecule has 9 heteroatoms. The van der Waals surface area contributed by atoms with Crippen molar-refractivity contribution >= 4 is 34.3 Å². The number of rotatable bonds is 4. The molecule has 144 valence electrons. The number of aromatic carboxylic acids is 1. The summed E-state index contributed by atoms with van der Waals surface area (Å²) >= 11 is 1.58. The molecule has 2 heterocycles. The van der Waals surface area contributed by atoms with Gasteiger partial charge >= 0.3 is 5.97 Å². The molecule has 1 aromatic heterocycles. The van der Waals surface area contributed by atoms with E-state index in [9.17, 15) is 23.5 Å². The monoisotopic (exact) mass is 398 g/mol. The van der Waals surface area contributed by atoms with Crippen molar-refractivity contribution in [3.63, 3.8) is 0 Å². The lowest BCUT2D eigenvalue weighted by molar-refractivity contribution is 0.0694. The summed E-state index contributed by atoms with van der Waals surface area (Å²) < 4.78 is 46.3. The number of carboxylic acids is 1. The summed E-state index contributed by atoms with van der Waals surface area (Å²) in [7, 11) is 0. The molecule has 1 unspecified atom stereocenters. The Morgan fingerprint density at radius 1 is 1.19 bits per heavy atom. The van der Waals surface area contributed by atoms with Crippen molar-refractivity contribution in [1.29, 1.82) is 0 Å². The van der Waals surface area contributed by atoms with Gasteiger partial charge in [0, 0.05) is 30.6 Å². The molecule has 0 bridgehead atoms. The van der Waals surface area contributed by atoms with Crippen molar-refractivity contribution in [1.82, 2.24) is 4.57 Å². The number of benzene rings is 1. The number of thioether (sulfide) groups is 1. The van der Waals surface area contributed by atoms with E-state index in [2.05, 4.69) is 0 Å². The van der Waals surface area contributed by atoms with Crippen LogP contribution in [0.3, 0.4) is 0 Å². The lowest BCUT2D eigenvalue weighted by Gasteiger charge is -2.23. The minimum absolute atomic E-state index is 0.183. The van der Waals surface area contributed by atoms with E-state index in [0.29, 0.717) is 32.4 Å². The van der Waals surface area contributed by atoms with E-state index in [1.54, 1.807) is 11.8 Å². The van der Waals surface area contributed by atoms with Crippen LogP contribution >= 0.6 is 11.8 Å². The van der Waals surface area contributed by atoms with Crippen molar-refractivity contribution in [2.45, 2.75) is 30.6 Å². The predicted molar refractivity (Wildman–Crippen MR) is 97.4 cm³/mol. The minimum atomic E-state index is -1.55. The fourth-order valence-corrected chi connectivity index (χ4v) is 4.35. The van der Waals surface area contributed by atoms with E-state index >= 15 is 4.39 Å². The van der Waals surface area contributed by atoms with Gasteiger partial charge in [-0.15, -0.1) is 0 Å². The number of fused-ring (bicyclic) bond motifs is 1. The zero-order valence-electron chi connectivity index (χ0n) is 14.5. The summed E-state index contributed by atoms with van der Waals surface area (Å²) in [6, 6.07) is -0.226. The van der Waals surface area contributed by atoms with Gasteiger partial charge in [-0.05, 0) is 25.5 Å². The van der Waals surface area contributed by atoms with Gasteiger partial charge in [0.05, 0.1) is 10.9 Å². The topological polar surface area (TPSA) is 62.5 Å². The number of carboxylic acid groups (broad SMARTS) is 1. The van der Waals surface area contributed by atoms with E-state index in [1.165, 1.54) is 9.47 Å². The number of hydrogen-bond acceptors (Lipinski definition) is 4. The second kappa shape index (κ2) is 6.47. The van der Waals surface area contributed by atoms with Crippen LogP contribution in [0.25, 0.3) is 10.9 Å². The Balaban J connectivity index is 2.04. The summed E-state index contributed by atoms with van der Waals surface area (Å²) in [4.78, 5) is 25.2. The van der Waals surface area contributed by atoms with Gasteiger partial charge in [0.15, 0.2) is 17.5 Å². The van der Waals surface area contributed by atoms with E-state index in [0.717, 1.165) is 6.20 Å². The lowest BCUT2D eigenvalue weighted by atomic mass is 10.1. The zero-order valence-corrected chi connectivity index (χ0v) is 15.3. The van der Waals surface area contributed by atoms with Crippen LogP contribution in [0, 0.1) is 17.5 Å². The molecule has 1 N–H and O–H groups in total. The molecule has 1 aromatic carbocycles. The van der Waals surface area contributed by atoms with E-state index in [4.69, 9.17) is 0 Å². The molecule has 1 aliphatic heterocycles. The van der Waals surface area contributed by atoms with Gasteiger partial charge in [-0.1, -0.05) is 0 Å². The third-order valence-electron chi connectivity index (χ3n) is 5.24. The van der Waals surface area contributed by atoms with Crippen molar-refractivity contribution < 1.29 is 23.1 Å². The Labute approximate surface area is 156 Å². The molecule has 1 saturated heterocycles.